The second-order valence-electron chi connectivity index (χ2n) is 5.79. The van der Waals surface area contributed by atoms with Gasteiger partial charge in [-0.05, 0) is 43.2 Å². The number of aromatic nitrogens is 1. The molecule has 1 heterocycles. The number of nitrogens with zero attached hydrogens (tertiary/aromatic N) is 1. The largest absolute Gasteiger partial charge is 0.354 e. The van der Waals surface area contributed by atoms with E-state index in [0.717, 1.165) is 22.5 Å². The van der Waals surface area contributed by atoms with Gasteiger partial charge >= 0.3 is 0 Å². The Bertz CT molecular complexity index is 904. The van der Waals surface area contributed by atoms with Gasteiger partial charge in [-0.3, -0.25) is 9.78 Å². The van der Waals surface area contributed by atoms with Crippen molar-refractivity contribution in [1.29, 1.82) is 0 Å². The van der Waals surface area contributed by atoms with Crippen molar-refractivity contribution in [2.24, 2.45) is 0 Å². The molecule has 0 radical (unpaired) electrons. The fourth-order valence-corrected chi connectivity index (χ4v) is 2.73. The molecular weight excluding hydrogens is 334 g/mol. The van der Waals surface area contributed by atoms with Crippen LogP contribution in [0.1, 0.15) is 21.5 Å². The van der Waals surface area contributed by atoms with Gasteiger partial charge in [0.1, 0.15) is 0 Å². The summed E-state index contributed by atoms with van der Waals surface area (Å²) in [5, 5.41) is 6.64. The van der Waals surface area contributed by atoms with Crippen LogP contribution in [0.5, 0.6) is 0 Å². The molecule has 1 aromatic heterocycles. The van der Waals surface area contributed by atoms with Crippen LogP contribution in [0.4, 0.5) is 17.1 Å². The molecule has 0 aliphatic rings. The molecule has 0 spiro atoms. The molecule has 2 aromatic carbocycles. The lowest BCUT2D eigenvalue weighted by atomic mass is 10.1. The first kappa shape index (κ1) is 17.0. The summed E-state index contributed by atoms with van der Waals surface area (Å²) in [6, 6.07) is 15.0. The molecule has 25 heavy (non-hydrogen) atoms. The number of benzene rings is 2. The first-order valence-corrected chi connectivity index (χ1v) is 8.26. The van der Waals surface area contributed by atoms with Crippen LogP contribution < -0.4 is 10.6 Å². The number of hydrogen-bond acceptors (Lipinski definition) is 3. The van der Waals surface area contributed by atoms with Gasteiger partial charge in [0.25, 0.3) is 5.91 Å². The molecule has 2 N–H and O–H groups in total. The molecule has 0 aliphatic carbocycles. The Balaban J connectivity index is 1.82. The third-order valence-corrected chi connectivity index (χ3v) is 4.20. The smallest absolute Gasteiger partial charge is 0.257 e. The topological polar surface area (TPSA) is 54.0 Å². The first-order chi connectivity index (χ1) is 12.0. The van der Waals surface area contributed by atoms with Crippen LogP contribution in [0.3, 0.4) is 0 Å². The number of anilines is 3. The quantitative estimate of drug-likeness (QED) is 0.666. The summed E-state index contributed by atoms with van der Waals surface area (Å²) in [4.78, 5) is 16.6. The van der Waals surface area contributed by atoms with Gasteiger partial charge in [0.15, 0.2) is 0 Å². The number of hydrogen-bond donors (Lipinski definition) is 2. The van der Waals surface area contributed by atoms with Crippen molar-refractivity contribution >= 4 is 34.6 Å². The number of nitrogens with one attached hydrogen (secondary N) is 2. The highest BCUT2D eigenvalue weighted by molar-refractivity contribution is 6.33. The molecule has 126 valence electrons. The van der Waals surface area contributed by atoms with Crippen molar-refractivity contribution < 1.29 is 4.79 Å². The standard InChI is InChI=1S/C20H18ClN3O/c1-13-6-5-7-14(2)19(13)23-16-10-15(11-22-12-16)20(25)24-18-9-4-3-8-17(18)21/h3-12,23H,1-2H3,(H,24,25). The van der Waals surface area contributed by atoms with Gasteiger partial charge in [0.05, 0.1) is 28.2 Å². The van der Waals surface area contributed by atoms with E-state index >= 15 is 0 Å². The average Bonchev–Trinajstić information content (AvgIpc) is 2.60. The number of carbonyl (C=O) groups is 1. The van der Waals surface area contributed by atoms with Gasteiger partial charge in [-0.2, -0.15) is 0 Å². The summed E-state index contributed by atoms with van der Waals surface area (Å²) in [6.07, 6.45) is 3.22. The molecule has 0 unspecified atom stereocenters. The van der Waals surface area contributed by atoms with E-state index in [-0.39, 0.29) is 5.91 Å². The Morgan fingerprint density at radius 1 is 1.00 bits per heavy atom. The van der Waals surface area contributed by atoms with Gasteiger partial charge in [-0.1, -0.05) is 41.9 Å². The molecular formula is C20H18ClN3O. The minimum absolute atomic E-state index is 0.259. The minimum atomic E-state index is -0.259. The monoisotopic (exact) mass is 351 g/mol. The zero-order valence-electron chi connectivity index (χ0n) is 14.0. The summed E-state index contributed by atoms with van der Waals surface area (Å²) in [7, 11) is 0. The summed E-state index contributed by atoms with van der Waals surface area (Å²) in [5.41, 5.74) is 5.06. The Morgan fingerprint density at radius 3 is 2.44 bits per heavy atom. The maximum Gasteiger partial charge on any atom is 0.257 e. The van der Waals surface area contributed by atoms with E-state index in [2.05, 4.69) is 15.6 Å². The summed E-state index contributed by atoms with van der Waals surface area (Å²) >= 11 is 6.09. The van der Waals surface area contributed by atoms with E-state index in [1.165, 1.54) is 6.20 Å². The van der Waals surface area contributed by atoms with Crippen molar-refractivity contribution in [3.63, 3.8) is 0 Å². The van der Waals surface area contributed by atoms with Gasteiger partial charge in [-0.15, -0.1) is 0 Å². The highest BCUT2D eigenvalue weighted by Crippen LogP contribution is 2.25. The van der Waals surface area contributed by atoms with Gasteiger partial charge in [0, 0.05) is 11.9 Å². The van der Waals surface area contributed by atoms with Crippen LogP contribution in [0.2, 0.25) is 5.02 Å². The minimum Gasteiger partial charge on any atom is -0.354 e. The molecule has 0 bridgehead atoms. The van der Waals surface area contributed by atoms with Crippen molar-refractivity contribution in [3.8, 4) is 0 Å². The molecule has 1 amide bonds. The summed E-state index contributed by atoms with van der Waals surface area (Å²) in [5.74, 6) is -0.259. The zero-order valence-corrected chi connectivity index (χ0v) is 14.8. The van der Waals surface area contributed by atoms with Gasteiger partial charge in [-0.25, -0.2) is 0 Å². The van der Waals surface area contributed by atoms with E-state index in [9.17, 15) is 4.79 Å². The maximum absolute atomic E-state index is 12.5. The summed E-state index contributed by atoms with van der Waals surface area (Å²) in [6.45, 7) is 4.08. The zero-order chi connectivity index (χ0) is 17.8. The number of pyridine rings is 1. The van der Waals surface area contributed by atoms with Crippen molar-refractivity contribution in [2.45, 2.75) is 13.8 Å². The molecule has 4 nitrogen and oxygen atoms in total. The van der Waals surface area contributed by atoms with E-state index in [4.69, 9.17) is 11.6 Å². The molecule has 3 aromatic rings. The van der Waals surface area contributed by atoms with E-state index in [0.29, 0.717) is 16.3 Å². The highest BCUT2D eigenvalue weighted by Gasteiger charge is 2.10. The van der Waals surface area contributed by atoms with Gasteiger partial charge < -0.3 is 10.6 Å². The van der Waals surface area contributed by atoms with Crippen LogP contribution >= 0.6 is 11.6 Å². The molecule has 0 fully saturated rings. The number of rotatable bonds is 4. The van der Waals surface area contributed by atoms with Gasteiger partial charge in [0.2, 0.25) is 0 Å². The Hall–Kier alpha value is -2.85. The average molecular weight is 352 g/mol. The molecule has 3 rings (SSSR count). The maximum atomic E-state index is 12.5. The first-order valence-electron chi connectivity index (χ1n) is 7.89. The predicted octanol–water partition coefficient (Wildman–Crippen LogP) is 5.35. The normalized spacial score (nSPS) is 10.4. The lowest BCUT2D eigenvalue weighted by Crippen LogP contribution is -2.13. The number of para-hydroxylation sites is 2. The number of aryl methyl sites for hydroxylation is 2. The third-order valence-electron chi connectivity index (χ3n) is 3.87. The highest BCUT2D eigenvalue weighted by atomic mass is 35.5. The molecule has 0 aliphatic heterocycles. The van der Waals surface area contributed by atoms with E-state index in [1.54, 1.807) is 24.4 Å². The van der Waals surface area contributed by atoms with Crippen molar-refractivity contribution in [2.75, 3.05) is 10.6 Å². The molecule has 0 atom stereocenters. The van der Waals surface area contributed by atoms with Crippen LogP contribution in [0.15, 0.2) is 60.9 Å². The summed E-state index contributed by atoms with van der Waals surface area (Å²) < 4.78 is 0. The van der Waals surface area contributed by atoms with E-state index < -0.39 is 0 Å². The number of carbonyl (C=O) groups excluding carboxylic acids is 1. The van der Waals surface area contributed by atoms with Crippen molar-refractivity contribution in [3.05, 3.63) is 82.6 Å². The fourth-order valence-electron chi connectivity index (χ4n) is 2.55. The Kier molecular flexibility index (Phi) is 5.00. The lowest BCUT2D eigenvalue weighted by Gasteiger charge is -2.13. The number of halogens is 1. The fraction of sp³-hybridized carbons (Fsp3) is 0.100. The van der Waals surface area contributed by atoms with E-state index in [1.807, 2.05) is 44.2 Å². The van der Waals surface area contributed by atoms with Crippen LogP contribution in [0, 0.1) is 13.8 Å². The molecule has 0 saturated carbocycles. The third kappa shape index (κ3) is 3.98. The van der Waals surface area contributed by atoms with Crippen LogP contribution in [-0.4, -0.2) is 10.9 Å². The van der Waals surface area contributed by atoms with Crippen LogP contribution in [-0.2, 0) is 0 Å². The second-order valence-corrected chi connectivity index (χ2v) is 6.20. The molecule has 0 saturated heterocycles. The number of amides is 1. The second kappa shape index (κ2) is 7.36. The Labute approximate surface area is 151 Å². The predicted molar refractivity (Wildman–Crippen MR) is 103 cm³/mol. The SMILES string of the molecule is Cc1cccc(C)c1Nc1cncc(C(=O)Nc2ccccc2Cl)c1. The molecule has 5 heteroatoms. The Morgan fingerprint density at radius 2 is 1.72 bits per heavy atom. The lowest BCUT2D eigenvalue weighted by molar-refractivity contribution is 0.102. The van der Waals surface area contributed by atoms with Crippen LogP contribution in [0.25, 0.3) is 0 Å². The van der Waals surface area contributed by atoms with Crippen molar-refractivity contribution in [1.82, 2.24) is 4.98 Å².